The molecule has 0 unspecified atom stereocenters. The lowest BCUT2D eigenvalue weighted by Gasteiger charge is -2.34. The second kappa shape index (κ2) is 4.61. The van der Waals surface area contributed by atoms with Gasteiger partial charge in [0.05, 0.1) is 11.1 Å². The lowest BCUT2D eigenvalue weighted by atomic mass is 9.71. The summed E-state index contributed by atoms with van der Waals surface area (Å²) in [7, 11) is 0. The second-order valence-electron chi connectivity index (χ2n) is 4.33. The predicted octanol–water partition coefficient (Wildman–Crippen LogP) is 1.27. The van der Waals surface area contributed by atoms with E-state index in [0.29, 0.717) is 0 Å². The van der Waals surface area contributed by atoms with E-state index < -0.39 is 5.41 Å². The minimum atomic E-state index is -0.506. The molecule has 4 nitrogen and oxygen atoms in total. The van der Waals surface area contributed by atoms with Gasteiger partial charge in [0.25, 0.3) is 0 Å². The minimum Gasteiger partial charge on any atom is -0.293 e. The van der Waals surface area contributed by atoms with Crippen molar-refractivity contribution in [3.63, 3.8) is 0 Å². The first-order chi connectivity index (χ1) is 7.79. The fourth-order valence-corrected chi connectivity index (χ4v) is 2.54. The first-order valence-electron chi connectivity index (χ1n) is 5.72. The summed E-state index contributed by atoms with van der Waals surface area (Å²) in [6, 6.07) is 5.70. The van der Waals surface area contributed by atoms with Gasteiger partial charge in [0.15, 0.2) is 0 Å². The fraction of sp³-hybridized carbons (Fsp3) is 0.500. The van der Waals surface area contributed by atoms with Crippen LogP contribution in [0.2, 0.25) is 0 Å². The third-order valence-corrected chi connectivity index (χ3v) is 3.43. The van der Waals surface area contributed by atoms with Crippen molar-refractivity contribution in [3.05, 3.63) is 30.1 Å². The number of rotatable bonds is 2. The number of nitrogens with zero attached hydrogens (tertiary/aromatic N) is 1. The number of nitrogens with one attached hydrogen (secondary N) is 1. The summed E-state index contributed by atoms with van der Waals surface area (Å²) in [5, 5.41) is 0. The van der Waals surface area contributed by atoms with Crippen LogP contribution in [0.4, 0.5) is 0 Å². The normalized spacial score (nSPS) is 19.1. The van der Waals surface area contributed by atoms with Crippen molar-refractivity contribution in [3.8, 4) is 0 Å². The molecule has 16 heavy (non-hydrogen) atoms. The van der Waals surface area contributed by atoms with Gasteiger partial charge >= 0.3 is 0 Å². The molecule has 0 aromatic carbocycles. The highest BCUT2D eigenvalue weighted by Crippen LogP contribution is 2.38. The third-order valence-electron chi connectivity index (χ3n) is 3.43. The van der Waals surface area contributed by atoms with Crippen LogP contribution in [0.3, 0.4) is 0 Å². The Labute approximate surface area is 95.2 Å². The van der Waals surface area contributed by atoms with Crippen molar-refractivity contribution in [1.29, 1.82) is 0 Å². The maximum atomic E-state index is 12.0. The van der Waals surface area contributed by atoms with Gasteiger partial charge in [-0.15, -0.1) is 0 Å². The summed E-state index contributed by atoms with van der Waals surface area (Å²) < 4.78 is 0. The first-order valence-corrected chi connectivity index (χ1v) is 5.72. The Bertz CT molecular complexity index is 358. The highest BCUT2D eigenvalue weighted by molar-refractivity contribution is 5.87. The zero-order valence-corrected chi connectivity index (χ0v) is 9.28. The average Bonchev–Trinajstić information content (AvgIpc) is 2.39. The van der Waals surface area contributed by atoms with Crippen molar-refractivity contribution in [1.82, 2.24) is 10.4 Å². The number of nitrogens with two attached hydrogens (primary N) is 1. The number of aromatic nitrogens is 1. The summed E-state index contributed by atoms with van der Waals surface area (Å²) in [5.74, 6) is 5.19. The van der Waals surface area contributed by atoms with Gasteiger partial charge in [0.1, 0.15) is 0 Å². The van der Waals surface area contributed by atoms with Gasteiger partial charge in [-0.1, -0.05) is 25.3 Å². The summed E-state index contributed by atoms with van der Waals surface area (Å²) in [6.07, 6.45) is 6.72. The molecule has 1 saturated carbocycles. The molecule has 1 aliphatic carbocycles. The molecule has 0 atom stereocenters. The Hall–Kier alpha value is -1.42. The monoisotopic (exact) mass is 219 g/mol. The van der Waals surface area contributed by atoms with E-state index in [1.165, 1.54) is 6.42 Å². The lowest BCUT2D eigenvalue weighted by Crippen LogP contribution is -2.48. The van der Waals surface area contributed by atoms with Gasteiger partial charge in [-0.3, -0.25) is 15.2 Å². The van der Waals surface area contributed by atoms with Crippen LogP contribution in [-0.4, -0.2) is 10.9 Å². The van der Waals surface area contributed by atoms with Crippen molar-refractivity contribution >= 4 is 5.91 Å². The van der Waals surface area contributed by atoms with Gasteiger partial charge in [-0.05, 0) is 25.0 Å². The van der Waals surface area contributed by atoms with Crippen molar-refractivity contribution < 1.29 is 4.79 Å². The van der Waals surface area contributed by atoms with Crippen LogP contribution >= 0.6 is 0 Å². The van der Waals surface area contributed by atoms with E-state index in [-0.39, 0.29) is 5.91 Å². The largest absolute Gasteiger partial charge is 0.293 e. The number of pyridine rings is 1. The molecular formula is C12H17N3O. The summed E-state index contributed by atoms with van der Waals surface area (Å²) in [6.45, 7) is 0. The van der Waals surface area contributed by atoms with Gasteiger partial charge < -0.3 is 0 Å². The van der Waals surface area contributed by atoms with Gasteiger partial charge in [-0.25, -0.2) is 5.84 Å². The summed E-state index contributed by atoms with van der Waals surface area (Å²) in [4.78, 5) is 16.3. The Balaban J connectivity index is 2.38. The van der Waals surface area contributed by atoms with Crippen LogP contribution in [0, 0.1) is 0 Å². The SMILES string of the molecule is NNC(=O)C1(c2ccccn2)CCCCC1. The van der Waals surface area contributed by atoms with E-state index in [2.05, 4.69) is 10.4 Å². The molecule has 1 fully saturated rings. The van der Waals surface area contributed by atoms with E-state index in [0.717, 1.165) is 31.4 Å². The molecule has 2 rings (SSSR count). The van der Waals surface area contributed by atoms with Gasteiger partial charge in [0, 0.05) is 6.20 Å². The molecule has 0 bridgehead atoms. The van der Waals surface area contributed by atoms with Crippen molar-refractivity contribution in [2.24, 2.45) is 5.84 Å². The maximum Gasteiger partial charge on any atom is 0.246 e. The van der Waals surface area contributed by atoms with E-state index >= 15 is 0 Å². The molecule has 0 radical (unpaired) electrons. The molecule has 0 spiro atoms. The summed E-state index contributed by atoms with van der Waals surface area (Å²) >= 11 is 0. The standard InChI is InChI=1S/C12H17N3O/c13-15-11(16)12(7-3-1-4-8-12)10-6-2-5-9-14-10/h2,5-6,9H,1,3-4,7-8,13H2,(H,15,16). The number of carbonyl (C=O) groups is 1. The quantitative estimate of drug-likeness (QED) is 0.447. The number of carbonyl (C=O) groups excluding carboxylic acids is 1. The first kappa shape index (κ1) is 11.1. The van der Waals surface area contributed by atoms with Crippen molar-refractivity contribution in [2.45, 2.75) is 37.5 Å². The average molecular weight is 219 g/mol. The van der Waals surface area contributed by atoms with E-state index in [1.807, 2.05) is 18.2 Å². The Kier molecular flexibility index (Phi) is 3.19. The Morgan fingerprint density at radius 2 is 2.06 bits per heavy atom. The van der Waals surface area contributed by atoms with E-state index in [9.17, 15) is 4.79 Å². The minimum absolute atomic E-state index is 0.106. The maximum absolute atomic E-state index is 12.0. The highest BCUT2D eigenvalue weighted by Gasteiger charge is 2.41. The zero-order valence-electron chi connectivity index (χ0n) is 9.28. The second-order valence-corrected chi connectivity index (χ2v) is 4.33. The molecule has 3 N–H and O–H groups in total. The predicted molar refractivity (Wildman–Crippen MR) is 61.3 cm³/mol. The molecule has 1 aliphatic rings. The number of hydrogen-bond acceptors (Lipinski definition) is 3. The van der Waals surface area contributed by atoms with E-state index in [4.69, 9.17) is 5.84 Å². The Morgan fingerprint density at radius 3 is 2.62 bits per heavy atom. The molecular weight excluding hydrogens is 202 g/mol. The molecule has 4 heteroatoms. The molecule has 1 aromatic heterocycles. The van der Waals surface area contributed by atoms with Gasteiger partial charge in [0.2, 0.25) is 5.91 Å². The van der Waals surface area contributed by atoms with Gasteiger partial charge in [-0.2, -0.15) is 0 Å². The van der Waals surface area contributed by atoms with Crippen LogP contribution < -0.4 is 11.3 Å². The number of hydrogen-bond donors (Lipinski definition) is 2. The van der Waals surface area contributed by atoms with Crippen LogP contribution in [0.15, 0.2) is 24.4 Å². The summed E-state index contributed by atoms with van der Waals surface area (Å²) in [5.41, 5.74) is 2.63. The van der Waals surface area contributed by atoms with Crippen LogP contribution in [0.1, 0.15) is 37.8 Å². The highest BCUT2D eigenvalue weighted by atomic mass is 16.2. The fourth-order valence-electron chi connectivity index (χ4n) is 2.54. The van der Waals surface area contributed by atoms with Crippen LogP contribution in [0.5, 0.6) is 0 Å². The molecule has 0 saturated heterocycles. The molecule has 1 amide bonds. The topological polar surface area (TPSA) is 68.0 Å². The van der Waals surface area contributed by atoms with Crippen molar-refractivity contribution in [2.75, 3.05) is 0 Å². The molecule has 1 heterocycles. The molecule has 1 aromatic rings. The van der Waals surface area contributed by atoms with Crippen LogP contribution in [-0.2, 0) is 10.2 Å². The smallest absolute Gasteiger partial charge is 0.246 e. The lowest BCUT2D eigenvalue weighted by molar-refractivity contribution is -0.128. The Morgan fingerprint density at radius 1 is 1.31 bits per heavy atom. The molecule has 86 valence electrons. The number of hydrazine groups is 1. The molecule has 0 aliphatic heterocycles. The third kappa shape index (κ3) is 1.80. The zero-order chi connectivity index (χ0) is 11.4. The number of amides is 1. The van der Waals surface area contributed by atoms with Crippen LogP contribution in [0.25, 0.3) is 0 Å². The van der Waals surface area contributed by atoms with E-state index in [1.54, 1.807) is 6.20 Å².